The summed E-state index contributed by atoms with van der Waals surface area (Å²) in [7, 11) is 0. The van der Waals surface area contributed by atoms with E-state index in [0.717, 1.165) is 22.3 Å². The zero-order chi connectivity index (χ0) is 13.1. The van der Waals surface area contributed by atoms with Gasteiger partial charge in [0.25, 0.3) is 0 Å². The zero-order valence-electron chi connectivity index (χ0n) is 12.3. The maximum atomic E-state index is 9.84. The molecule has 3 heteroatoms. The van der Waals surface area contributed by atoms with Gasteiger partial charge in [0, 0.05) is 18.0 Å². The summed E-state index contributed by atoms with van der Waals surface area (Å²) >= 11 is 0. The summed E-state index contributed by atoms with van der Waals surface area (Å²) < 4.78 is 0. The molecule has 1 N–H and O–H groups in total. The Bertz CT molecular complexity index is 687. The van der Waals surface area contributed by atoms with Gasteiger partial charge in [-0.3, -0.25) is 4.98 Å². The van der Waals surface area contributed by atoms with Crippen LogP contribution in [0.1, 0.15) is 1.43 Å². The van der Waals surface area contributed by atoms with Crippen LogP contribution in [-0.2, 0) is 0 Å². The van der Waals surface area contributed by atoms with E-state index >= 15 is 0 Å². The number of nitrogens with zero attached hydrogens (tertiary/aromatic N) is 1. The number of benzene rings is 2. The van der Waals surface area contributed by atoms with Gasteiger partial charge in [-0.25, -0.2) is 0 Å². The minimum atomic E-state index is 0. The fraction of sp³-hybridized carbons (Fsp3) is 0. The summed E-state index contributed by atoms with van der Waals surface area (Å²) in [6, 6.07) is 19.4. The minimum Gasteiger partial charge on any atom is -1.00 e. The van der Waals surface area contributed by atoms with Crippen LogP contribution >= 0.6 is 0 Å². The molecule has 0 spiro atoms. The van der Waals surface area contributed by atoms with Gasteiger partial charge in [0.15, 0.2) is 0 Å². The molecular formula is C17H14KNO. The Morgan fingerprint density at radius 1 is 0.750 bits per heavy atom. The Morgan fingerprint density at radius 2 is 1.45 bits per heavy atom. The number of hydrogen-bond donors (Lipinski definition) is 1. The third kappa shape index (κ3) is 3.37. The quantitative estimate of drug-likeness (QED) is 0.719. The average molecular weight is 287 g/mol. The van der Waals surface area contributed by atoms with Crippen molar-refractivity contribution in [1.29, 1.82) is 0 Å². The van der Waals surface area contributed by atoms with Crippen LogP contribution in [0.15, 0.2) is 73.1 Å². The largest absolute Gasteiger partial charge is 1.00 e. The maximum Gasteiger partial charge on any atom is 1.00 e. The van der Waals surface area contributed by atoms with Gasteiger partial charge in [0.1, 0.15) is 5.75 Å². The first-order valence-electron chi connectivity index (χ1n) is 6.13. The van der Waals surface area contributed by atoms with Crippen molar-refractivity contribution in [3.05, 3.63) is 73.1 Å². The van der Waals surface area contributed by atoms with E-state index in [1.54, 1.807) is 12.3 Å². The number of pyridine rings is 1. The molecule has 3 aromatic rings. The van der Waals surface area contributed by atoms with Crippen molar-refractivity contribution >= 4 is 0 Å². The SMILES string of the molecule is Oc1ccccc1-c1ccc(-c2cccnc2)cc1.[H-].[K+]. The number of rotatable bonds is 2. The van der Waals surface area contributed by atoms with Crippen LogP contribution in [0, 0.1) is 0 Å². The second-order valence-corrected chi connectivity index (χ2v) is 4.34. The molecule has 1 heterocycles. The molecule has 3 rings (SSSR count). The molecular weight excluding hydrogens is 273 g/mol. The molecule has 0 aliphatic carbocycles. The summed E-state index contributed by atoms with van der Waals surface area (Å²) in [6.07, 6.45) is 3.61. The number of phenols is 1. The van der Waals surface area contributed by atoms with E-state index in [0.29, 0.717) is 5.75 Å². The van der Waals surface area contributed by atoms with Crippen LogP contribution in [0.5, 0.6) is 5.75 Å². The number of hydrogen-bond acceptors (Lipinski definition) is 2. The van der Waals surface area contributed by atoms with Gasteiger partial charge in [-0.15, -0.1) is 0 Å². The third-order valence-electron chi connectivity index (χ3n) is 3.09. The number of aromatic nitrogens is 1. The van der Waals surface area contributed by atoms with Crippen LogP contribution in [0.25, 0.3) is 22.3 Å². The van der Waals surface area contributed by atoms with E-state index < -0.39 is 0 Å². The third-order valence-corrected chi connectivity index (χ3v) is 3.09. The van der Waals surface area contributed by atoms with Crippen molar-refractivity contribution in [2.45, 2.75) is 0 Å². The number of aromatic hydroxyl groups is 1. The van der Waals surface area contributed by atoms with Gasteiger partial charge in [0.2, 0.25) is 0 Å². The standard InChI is InChI=1S/C17H13NO.K.H/c19-17-6-2-1-5-16(17)14-9-7-13(8-10-14)15-4-3-11-18-12-15;;/h1-12,19H;;/q;+1;-1. The van der Waals surface area contributed by atoms with Crippen molar-refractivity contribution in [1.82, 2.24) is 4.98 Å². The molecule has 0 unspecified atom stereocenters. The molecule has 0 radical (unpaired) electrons. The van der Waals surface area contributed by atoms with E-state index in [9.17, 15) is 5.11 Å². The van der Waals surface area contributed by atoms with Crippen molar-refractivity contribution in [2.75, 3.05) is 0 Å². The van der Waals surface area contributed by atoms with Gasteiger partial charge in [-0.05, 0) is 28.8 Å². The molecule has 1 aromatic heterocycles. The van der Waals surface area contributed by atoms with E-state index in [4.69, 9.17) is 0 Å². The summed E-state index contributed by atoms with van der Waals surface area (Å²) in [6.45, 7) is 0. The first-order valence-corrected chi connectivity index (χ1v) is 6.13. The average Bonchev–Trinajstić information content (AvgIpc) is 2.49. The van der Waals surface area contributed by atoms with Crippen LogP contribution in [0.3, 0.4) is 0 Å². The normalized spacial score (nSPS) is 9.80. The maximum absolute atomic E-state index is 9.84. The fourth-order valence-electron chi connectivity index (χ4n) is 2.09. The van der Waals surface area contributed by atoms with E-state index in [1.165, 1.54) is 0 Å². The van der Waals surface area contributed by atoms with Crippen LogP contribution in [0.2, 0.25) is 0 Å². The molecule has 20 heavy (non-hydrogen) atoms. The van der Waals surface area contributed by atoms with Crippen LogP contribution < -0.4 is 51.4 Å². The molecule has 0 aliphatic rings. The van der Waals surface area contributed by atoms with E-state index in [1.807, 2.05) is 60.8 Å². The van der Waals surface area contributed by atoms with E-state index in [2.05, 4.69) is 4.98 Å². The van der Waals surface area contributed by atoms with Crippen molar-refractivity contribution in [2.24, 2.45) is 0 Å². The first kappa shape index (κ1) is 15.4. The van der Waals surface area contributed by atoms with E-state index in [-0.39, 0.29) is 52.8 Å². The van der Waals surface area contributed by atoms with Crippen LogP contribution in [-0.4, -0.2) is 10.1 Å². The molecule has 0 aliphatic heterocycles. The topological polar surface area (TPSA) is 33.1 Å². The molecule has 0 bridgehead atoms. The molecule has 0 atom stereocenters. The molecule has 0 saturated heterocycles. The van der Waals surface area contributed by atoms with Gasteiger partial charge >= 0.3 is 51.4 Å². The van der Waals surface area contributed by atoms with Gasteiger partial charge in [-0.1, -0.05) is 48.5 Å². The Balaban J connectivity index is 0.00000110. The van der Waals surface area contributed by atoms with Gasteiger partial charge in [0.05, 0.1) is 0 Å². The Hall–Kier alpha value is -0.974. The van der Waals surface area contributed by atoms with Crippen molar-refractivity contribution in [3.63, 3.8) is 0 Å². The Labute approximate surface area is 162 Å². The monoisotopic (exact) mass is 287 g/mol. The summed E-state index contributed by atoms with van der Waals surface area (Å²) in [4.78, 5) is 4.12. The summed E-state index contributed by atoms with van der Waals surface area (Å²) in [5.74, 6) is 0.302. The van der Waals surface area contributed by atoms with Gasteiger partial charge in [-0.2, -0.15) is 0 Å². The van der Waals surface area contributed by atoms with Crippen molar-refractivity contribution in [3.8, 4) is 28.0 Å². The second kappa shape index (κ2) is 7.15. The fourth-order valence-corrected chi connectivity index (χ4v) is 2.09. The zero-order valence-corrected chi connectivity index (χ0v) is 14.4. The predicted molar refractivity (Wildman–Crippen MR) is 77.9 cm³/mol. The number of para-hydroxylation sites is 1. The molecule has 0 fully saturated rings. The van der Waals surface area contributed by atoms with Crippen LogP contribution in [0.4, 0.5) is 0 Å². The molecule has 0 amide bonds. The predicted octanol–water partition coefficient (Wildman–Crippen LogP) is 1.24. The minimum absolute atomic E-state index is 0. The molecule has 94 valence electrons. The number of phenolic OH excluding ortho intramolecular Hbond substituents is 1. The Morgan fingerprint density at radius 3 is 2.10 bits per heavy atom. The van der Waals surface area contributed by atoms with Gasteiger partial charge < -0.3 is 6.53 Å². The molecule has 2 aromatic carbocycles. The summed E-state index contributed by atoms with van der Waals surface area (Å²) in [5.41, 5.74) is 4.06. The smallest absolute Gasteiger partial charge is 1.00 e. The molecule has 2 nitrogen and oxygen atoms in total. The Kier molecular flexibility index (Phi) is 5.51. The first-order chi connectivity index (χ1) is 9.34. The van der Waals surface area contributed by atoms with Crippen molar-refractivity contribution < 1.29 is 57.9 Å². The second-order valence-electron chi connectivity index (χ2n) is 4.34. The molecule has 0 saturated carbocycles. The summed E-state index contributed by atoms with van der Waals surface area (Å²) in [5, 5.41) is 9.84.